The van der Waals surface area contributed by atoms with E-state index in [1.165, 1.54) is 0 Å². The van der Waals surface area contributed by atoms with Crippen LogP contribution in [0.1, 0.15) is 25.2 Å². The van der Waals surface area contributed by atoms with Gasteiger partial charge in [-0.2, -0.15) is 0 Å². The molecule has 1 saturated heterocycles. The van der Waals surface area contributed by atoms with E-state index in [-0.39, 0.29) is 12.2 Å². The summed E-state index contributed by atoms with van der Waals surface area (Å²) in [5, 5.41) is 5.92. The first-order chi connectivity index (χ1) is 9.29. The summed E-state index contributed by atoms with van der Waals surface area (Å²) in [6, 6.07) is 7.56. The minimum atomic E-state index is -0.310. The maximum Gasteiger partial charge on any atom is 0.238 e. The van der Waals surface area contributed by atoms with Gasteiger partial charge >= 0.3 is 0 Å². The standard InChI is InChI=1S/C14H20N2O3/c1-2-6-15-10-13(17)16-12-5-3-4-11(9-12)14-18-7-8-19-14/h3-5,9,14-15H,2,6-8,10H2,1H3,(H,16,17). The fourth-order valence-corrected chi connectivity index (χ4v) is 1.90. The Bertz CT molecular complexity index is 417. The van der Waals surface area contributed by atoms with Crippen molar-refractivity contribution in [2.45, 2.75) is 19.6 Å². The Morgan fingerprint density at radius 2 is 2.16 bits per heavy atom. The predicted octanol–water partition coefficient (Wildman–Crippen LogP) is 1.67. The minimum absolute atomic E-state index is 0.0427. The van der Waals surface area contributed by atoms with Crippen LogP contribution in [0.4, 0.5) is 5.69 Å². The first-order valence-electron chi connectivity index (χ1n) is 6.63. The largest absolute Gasteiger partial charge is 0.346 e. The third-order valence-corrected chi connectivity index (χ3v) is 2.78. The molecule has 1 fully saturated rings. The van der Waals surface area contributed by atoms with Crippen LogP contribution in [0.2, 0.25) is 0 Å². The molecule has 1 aromatic carbocycles. The zero-order chi connectivity index (χ0) is 13.5. The minimum Gasteiger partial charge on any atom is -0.346 e. The van der Waals surface area contributed by atoms with Crippen LogP contribution in [-0.4, -0.2) is 32.2 Å². The number of carbonyl (C=O) groups excluding carboxylic acids is 1. The van der Waals surface area contributed by atoms with Gasteiger partial charge < -0.3 is 20.1 Å². The van der Waals surface area contributed by atoms with Crippen molar-refractivity contribution in [3.05, 3.63) is 29.8 Å². The second-order valence-corrected chi connectivity index (χ2v) is 4.42. The van der Waals surface area contributed by atoms with Crippen molar-refractivity contribution in [1.29, 1.82) is 0 Å². The summed E-state index contributed by atoms with van der Waals surface area (Å²) in [5.41, 5.74) is 1.69. The first-order valence-corrected chi connectivity index (χ1v) is 6.63. The van der Waals surface area contributed by atoms with Gasteiger partial charge in [0.25, 0.3) is 0 Å². The van der Waals surface area contributed by atoms with Gasteiger partial charge in [0.2, 0.25) is 5.91 Å². The second kappa shape index (κ2) is 7.23. The summed E-state index contributed by atoms with van der Waals surface area (Å²) < 4.78 is 10.9. The summed E-state index contributed by atoms with van der Waals surface area (Å²) in [6.45, 7) is 4.46. The summed E-state index contributed by atoms with van der Waals surface area (Å²) in [4.78, 5) is 11.7. The fraction of sp³-hybridized carbons (Fsp3) is 0.500. The number of benzene rings is 1. The van der Waals surface area contributed by atoms with Crippen LogP contribution in [0.25, 0.3) is 0 Å². The number of carbonyl (C=O) groups is 1. The molecular formula is C14H20N2O3. The van der Waals surface area contributed by atoms with Crippen molar-refractivity contribution in [2.75, 3.05) is 31.6 Å². The van der Waals surface area contributed by atoms with Gasteiger partial charge in [-0.05, 0) is 25.1 Å². The second-order valence-electron chi connectivity index (χ2n) is 4.42. The average Bonchev–Trinajstić information content (AvgIpc) is 2.93. The van der Waals surface area contributed by atoms with E-state index < -0.39 is 0 Å². The molecule has 19 heavy (non-hydrogen) atoms. The SMILES string of the molecule is CCCNCC(=O)Nc1cccc(C2OCCO2)c1. The van der Waals surface area contributed by atoms with E-state index in [0.29, 0.717) is 19.8 Å². The monoisotopic (exact) mass is 264 g/mol. The summed E-state index contributed by atoms with van der Waals surface area (Å²) >= 11 is 0. The molecule has 2 rings (SSSR count). The van der Waals surface area contributed by atoms with E-state index in [0.717, 1.165) is 24.2 Å². The number of hydrogen-bond acceptors (Lipinski definition) is 4. The highest BCUT2D eigenvalue weighted by atomic mass is 16.7. The molecule has 0 saturated carbocycles. The number of hydrogen-bond donors (Lipinski definition) is 2. The van der Waals surface area contributed by atoms with Gasteiger partial charge in [-0.25, -0.2) is 0 Å². The predicted molar refractivity (Wildman–Crippen MR) is 72.9 cm³/mol. The Morgan fingerprint density at radius 1 is 1.37 bits per heavy atom. The Kier molecular flexibility index (Phi) is 5.32. The highest BCUT2D eigenvalue weighted by Gasteiger charge is 2.18. The molecule has 5 nitrogen and oxygen atoms in total. The van der Waals surface area contributed by atoms with Crippen molar-refractivity contribution in [2.24, 2.45) is 0 Å². The molecule has 0 bridgehead atoms. The third kappa shape index (κ3) is 4.31. The van der Waals surface area contributed by atoms with E-state index in [4.69, 9.17) is 9.47 Å². The molecule has 1 aliphatic rings. The highest BCUT2D eigenvalue weighted by Crippen LogP contribution is 2.25. The molecule has 0 spiro atoms. The van der Waals surface area contributed by atoms with Crippen LogP contribution in [0.3, 0.4) is 0 Å². The van der Waals surface area contributed by atoms with Gasteiger partial charge in [-0.15, -0.1) is 0 Å². The van der Waals surface area contributed by atoms with Crippen LogP contribution in [0, 0.1) is 0 Å². The molecule has 0 aromatic heterocycles. The lowest BCUT2D eigenvalue weighted by Crippen LogP contribution is -2.28. The molecule has 1 amide bonds. The van der Waals surface area contributed by atoms with Crippen LogP contribution >= 0.6 is 0 Å². The fourth-order valence-electron chi connectivity index (χ4n) is 1.90. The number of ether oxygens (including phenoxy) is 2. The summed E-state index contributed by atoms with van der Waals surface area (Å²) in [6.07, 6.45) is 0.703. The van der Waals surface area contributed by atoms with Crippen LogP contribution < -0.4 is 10.6 Å². The maximum absolute atomic E-state index is 11.7. The Hall–Kier alpha value is -1.43. The molecule has 1 heterocycles. The lowest BCUT2D eigenvalue weighted by molar-refractivity contribution is -0.115. The molecule has 0 aliphatic carbocycles. The quantitative estimate of drug-likeness (QED) is 0.767. The van der Waals surface area contributed by atoms with E-state index >= 15 is 0 Å². The molecule has 1 aliphatic heterocycles. The lowest BCUT2D eigenvalue weighted by atomic mass is 10.2. The van der Waals surface area contributed by atoms with E-state index in [2.05, 4.69) is 17.6 Å². The van der Waals surface area contributed by atoms with Gasteiger partial charge in [0.05, 0.1) is 19.8 Å². The van der Waals surface area contributed by atoms with Gasteiger partial charge in [-0.3, -0.25) is 4.79 Å². The third-order valence-electron chi connectivity index (χ3n) is 2.78. The smallest absolute Gasteiger partial charge is 0.238 e. The van der Waals surface area contributed by atoms with E-state index in [1.807, 2.05) is 24.3 Å². The molecule has 1 aromatic rings. The molecule has 104 valence electrons. The zero-order valence-electron chi connectivity index (χ0n) is 11.1. The van der Waals surface area contributed by atoms with Crippen molar-refractivity contribution in [1.82, 2.24) is 5.32 Å². The topological polar surface area (TPSA) is 59.6 Å². The number of rotatable bonds is 6. The molecule has 5 heteroatoms. The van der Waals surface area contributed by atoms with Crippen LogP contribution in [0.15, 0.2) is 24.3 Å². The maximum atomic E-state index is 11.7. The highest BCUT2D eigenvalue weighted by molar-refractivity contribution is 5.92. The molecule has 0 atom stereocenters. The molecule has 0 unspecified atom stereocenters. The molecule has 2 N–H and O–H groups in total. The van der Waals surface area contributed by atoms with Crippen molar-refractivity contribution >= 4 is 11.6 Å². The van der Waals surface area contributed by atoms with Gasteiger partial charge in [0.1, 0.15) is 0 Å². The van der Waals surface area contributed by atoms with Gasteiger partial charge in [0, 0.05) is 11.3 Å². The van der Waals surface area contributed by atoms with Crippen LogP contribution in [0.5, 0.6) is 0 Å². The van der Waals surface area contributed by atoms with Crippen molar-refractivity contribution in [3.63, 3.8) is 0 Å². The van der Waals surface area contributed by atoms with Gasteiger partial charge in [-0.1, -0.05) is 19.1 Å². The Morgan fingerprint density at radius 3 is 2.89 bits per heavy atom. The molecule has 0 radical (unpaired) electrons. The first kappa shape index (κ1) is 14.0. The van der Waals surface area contributed by atoms with Crippen LogP contribution in [-0.2, 0) is 14.3 Å². The molecular weight excluding hydrogens is 244 g/mol. The summed E-state index contributed by atoms with van der Waals surface area (Å²) in [5.74, 6) is -0.0427. The van der Waals surface area contributed by atoms with E-state index in [1.54, 1.807) is 0 Å². The number of amides is 1. The normalized spacial score (nSPS) is 15.6. The zero-order valence-corrected chi connectivity index (χ0v) is 11.1. The lowest BCUT2D eigenvalue weighted by Gasteiger charge is -2.11. The Balaban J connectivity index is 1.89. The Labute approximate surface area is 113 Å². The van der Waals surface area contributed by atoms with Crippen molar-refractivity contribution < 1.29 is 14.3 Å². The van der Waals surface area contributed by atoms with E-state index in [9.17, 15) is 4.79 Å². The van der Waals surface area contributed by atoms with Gasteiger partial charge in [0.15, 0.2) is 6.29 Å². The number of anilines is 1. The number of nitrogens with one attached hydrogen (secondary N) is 2. The summed E-state index contributed by atoms with van der Waals surface area (Å²) in [7, 11) is 0. The van der Waals surface area contributed by atoms with Crippen molar-refractivity contribution in [3.8, 4) is 0 Å². The average molecular weight is 264 g/mol.